The van der Waals surface area contributed by atoms with Gasteiger partial charge in [0.2, 0.25) is 0 Å². The highest BCUT2D eigenvalue weighted by Gasteiger charge is 2.21. The van der Waals surface area contributed by atoms with E-state index in [1.807, 2.05) is 23.6 Å². The Hall–Kier alpha value is -4.94. The van der Waals surface area contributed by atoms with Crippen LogP contribution in [-0.4, -0.2) is 89.9 Å². The molecule has 0 atom stereocenters. The van der Waals surface area contributed by atoms with Gasteiger partial charge in [0.25, 0.3) is 0 Å². The van der Waals surface area contributed by atoms with Crippen LogP contribution < -0.4 is 41.5 Å². The number of rotatable bonds is 6. The van der Waals surface area contributed by atoms with Gasteiger partial charge in [-0.2, -0.15) is 0 Å². The summed E-state index contributed by atoms with van der Waals surface area (Å²) >= 11 is 0. The maximum absolute atomic E-state index is 14.5. The fourth-order valence-electron chi connectivity index (χ4n) is 6.08. The van der Waals surface area contributed by atoms with Gasteiger partial charge in [-0.05, 0) is 38.1 Å². The van der Waals surface area contributed by atoms with Crippen LogP contribution in [0.2, 0.25) is 0 Å². The summed E-state index contributed by atoms with van der Waals surface area (Å²) in [5.74, 6) is -4.10. The summed E-state index contributed by atoms with van der Waals surface area (Å²) < 4.78 is 32.3. The molecule has 2 aliphatic heterocycles. The summed E-state index contributed by atoms with van der Waals surface area (Å²) in [6.07, 6.45) is 2.54. The van der Waals surface area contributed by atoms with Crippen LogP contribution in [0.25, 0.3) is 21.8 Å². The Morgan fingerprint density at radius 2 is 0.980 bits per heavy atom. The molecular formula is C32H42F2N6O9. The number of carboxylic acids is 2. The number of quaternary nitrogens is 2. The summed E-state index contributed by atoms with van der Waals surface area (Å²) in [4.78, 5) is 50.6. The van der Waals surface area contributed by atoms with Crippen molar-refractivity contribution in [2.45, 2.75) is 26.9 Å². The lowest BCUT2D eigenvalue weighted by Crippen LogP contribution is -2.89. The fourth-order valence-corrected chi connectivity index (χ4v) is 6.08. The quantitative estimate of drug-likeness (QED) is 0.198. The summed E-state index contributed by atoms with van der Waals surface area (Å²) in [7, 11) is 0. The first kappa shape index (κ1) is 40.2. The van der Waals surface area contributed by atoms with E-state index < -0.39 is 45.6 Å². The molecule has 0 radical (unpaired) electrons. The highest BCUT2D eigenvalue weighted by molar-refractivity contribution is 5.93. The Morgan fingerprint density at radius 1 is 0.653 bits per heavy atom. The van der Waals surface area contributed by atoms with Gasteiger partial charge in [-0.15, -0.1) is 0 Å². The number of nitrogens with zero attached hydrogens (tertiary/aromatic N) is 4. The van der Waals surface area contributed by atoms with Crippen molar-refractivity contribution >= 4 is 45.1 Å². The van der Waals surface area contributed by atoms with Gasteiger partial charge < -0.3 is 65.8 Å². The predicted molar refractivity (Wildman–Crippen MR) is 175 cm³/mol. The van der Waals surface area contributed by atoms with Crippen LogP contribution in [0.15, 0.2) is 46.2 Å². The van der Waals surface area contributed by atoms with Crippen molar-refractivity contribution in [3.8, 4) is 0 Å². The lowest BCUT2D eigenvalue weighted by atomic mass is 10.1. The van der Waals surface area contributed by atoms with Gasteiger partial charge in [0.1, 0.15) is 11.6 Å². The van der Waals surface area contributed by atoms with Crippen LogP contribution in [0.3, 0.4) is 0 Å². The van der Waals surface area contributed by atoms with E-state index in [9.17, 15) is 38.2 Å². The Morgan fingerprint density at radius 3 is 1.27 bits per heavy atom. The standard InChI is InChI=1S/2C16H18FN3O3.3H2O/c2*1-2-19-9-11(16(22)23)15(21)10-7-12(17)14(8-13(10)19)20-5-3-18-4-6-20;;;/h2*7-9,18H,2-6H2,1H3,(H,22,23);3*1H2. The zero-order chi connectivity index (χ0) is 33.1. The van der Waals surface area contributed by atoms with E-state index in [2.05, 4.69) is 10.6 Å². The molecule has 6 rings (SSSR count). The summed E-state index contributed by atoms with van der Waals surface area (Å²) in [6, 6.07) is 5.56. The number of aromatic nitrogens is 2. The molecule has 2 fully saturated rings. The molecule has 0 aliphatic carbocycles. The van der Waals surface area contributed by atoms with Crippen LogP contribution in [-0.2, 0) is 13.1 Å². The second-order valence-corrected chi connectivity index (χ2v) is 11.2. The van der Waals surface area contributed by atoms with Gasteiger partial charge >= 0.3 is 0 Å². The molecule has 268 valence electrons. The molecule has 0 bridgehead atoms. The first-order valence-corrected chi connectivity index (χ1v) is 15.3. The minimum absolute atomic E-state index is 0. The minimum Gasteiger partial charge on any atom is -0.545 e. The van der Waals surface area contributed by atoms with Crippen molar-refractivity contribution in [2.24, 2.45) is 0 Å². The third kappa shape index (κ3) is 8.03. The van der Waals surface area contributed by atoms with Gasteiger partial charge in [-0.25, -0.2) is 8.78 Å². The molecule has 4 aromatic rings. The van der Waals surface area contributed by atoms with Crippen molar-refractivity contribution in [1.29, 1.82) is 0 Å². The smallest absolute Gasteiger partial charge is 0.198 e. The molecule has 2 saturated heterocycles. The highest BCUT2D eigenvalue weighted by Crippen LogP contribution is 2.26. The van der Waals surface area contributed by atoms with Crippen molar-refractivity contribution in [3.05, 3.63) is 79.9 Å². The molecule has 17 heteroatoms. The van der Waals surface area contributed by atoms with Crippen molar-refractivity contribution < 1.29 is 55.6 Å². The topological polar surface area (TPSA) is 258 Å². The van der Waals surface area contributed by atoms with Gasteiger partial charge in [0.15, 0.2) is 10.9 Å². The van der Waals surface area contributed by atoms with Crippen LogP contribution in [0, 0.1) is 11.6 Å². The lowest BCUT2D eigenvalue weighted by molar-refractivity contribution is -0.655. The molecule has 2 aromatic carbocycles. The van der Waals surface area contributed by atoms with E-state index in [1.54, 1.807) is 21.3 Å². The van der Waals surface area contributed by atoms with Crippen molar-refractivity contribution in [3.63, 3.8) is 0 Å². The largest absolute Gasteiger partial charge is 0.545 e. The SMILES string of the molecule is CCn1cc(C(=O)[O-])c(=O)c2cc(F)c(N3CC[NH2+]CC3)cc21.CCn1cc(C(=O)[O-])c(=O)c2cc(F)c(N3CC[NH2+]CC3)cc21.O.O.O. The minimum atomic E-state index is -1.55. The molecule has 15 nitrogen and oxygen atoms in total. The number of carbonyl (C=O) groups is 2. The molecule has 2 aliphatic rings. The molecule has 0 unspecified atom stereocenters. The van der Waals surface area contributed by atoms with Gasteiger partial charge in [-0.1, -0.05) is 0 Å². The number of hydrogen-bond acceptors (Lipinski definition) is 8. The number of aryl methyl sites for hydroxylation is 2. The zero-order valence-electron chi connectivity index (χ0n) is 27.2. The Labute approximate surface area is 278 Å². The number of aromatic carboxylic acids is 2. The Balaban J connectivity index is 0.000000321. The van der Waals surface area contributed by atoms with E-state index in [1.165, 1.54) is 12.4 Å². The average molecular weight is 693 g/mol. The van der Waals surface area contributed by atoms with Crippen LogP contribution in [0.4, 0.5) is 20.2 Å². The van der Waals surface area contributed by atoms with Crippen molar-refractivity contribution in [1.82, 2.24) is 9.13 Å². The normalized spacial score (nSPS) is 14.2. The number of benzene rings is 2. The molecule has 49 heavy (non-hydrogen) atoms. The first-order chi connectivity index (χ1) is 22.0. The summed E-state index contributed by atoms with van der Waals surface area (Å²) in [5, 5.41) is 26.7. The predicted octanol–water partition coefficient (Wildman–Crippen LogP) is -4.66. The van der Waals surface area contributed by atoms with E-state index in [0.717, 1.165) is 64.5 Å². The van der Waals surface area contributed by atoms with Gasteiger partial charge in [-0.3, -0.25) is 9.59 Å². The van der Waals surface area contributed by atoms with Crippen LogP contribution in [0.1, 0.15) is 34.6 Å². The highest BCUT2D eigenvalue weighted by atomic mass is 19.1. The molecule has 0 saturated carbocycles. The van der Waals surface area contributed by atoms with E-state index in [4.69, 9.17) is 0 Å². The summed E-state index contributed by atoms with van der Waals surface area (Å²) in [6.45, 7) is 11.1. The molecule has 0 spiro atoms. The number of carboxylic acid groups (broad SMARTS) is 2. The Kier molecular flexibility index (Phi) is 13.9. The molecule has 2 aromatic heterocycles. The van der Waals surface area contributed by atoms with E-state index >= 15 is 0 Å². The molecule has 0 amide bonds. The zero-order valence-corrected chi connectivity index (χ0v) is 27.2. The third-order valence-corrected chi connectivity index (χ3v) is 8.51. The van der Waals surface area contributed by atoms with Crippen molar-refractivity contribution in [2.75, 3.05) is 62.2 Å². The number of fused-ring (bicyclic) bond motifs is 2. The second-order valence-electron chi connectivity index (χ2n) is 11.2. The average Bonchev–Trinajstić information content (AvgIpc) is 3.06. The maximum atomic E-state index is 14.5. The monoisotopic (exact) mass is 692 g/mol. The number of pyridine rings is 2. The molecule has 4 heterocycles. The number of nitrogens with two attached hydrogens (primary N) is 2. The number of hydrogen-bond donors (Lipinski definition) is 2. The van der Waals surface area contributed by atoms with Gasteiger partial charge in [0.05, 0.1) is 97.8 Å². The van der Waals surface area contributed by atoms with Crippen LogP contribution in [0.5, 0.6) is 0 Å². The fraction of sp³-hybridized carbons (Fsp3) is 0.375. The maximum Gasteiger partial charge on any atom is 0.198 e. The third-order valence-electron chi connectivity index (χ3n) is 8.51. The summed E-state index contributed by atoms with van der Waals surface area (Å²) in [5.41, 5.74) is -0.328. The number of carbonyl (C=O) groups excluding carboxylic acids is 2. The number of halogens is 2. The second kappa shape index (κ2) is 16.9. The molecular weight excluding hydrogens is 650 g/mol. The Bertz CT molecular complexity index is 1800. The van der Waals surface area contributed by atoms with E-state index in [0.29, 0.717) is 35.5 Å². The number of piperazine rings is 2. The lowest BCUT2D eigenvalue weighted by Gasteiger charge is -2.28. The van der Waals surface area contributed by atoms with Gasteiger partial charge in [0, 0.05) is 36.3 Å². The van der Waals surface area contributed by atoms with Crippen LogP contribution >= 0.6 is 0 Å². The van der Waals surface area contributed by atoms with E-state index in [-0.39, 0.29) is 27.2 Å². The molecule has 10 N–H and O–H groups in total. The first-order valence-electron chi connectivity index (χ1n) is 15.3. The number of anilines is 2.